The Morgan fingerprint density at radius 2 is 1.54 bits per heavy atom. The molecular weight excluding hydrogens is 531 g/mol. The lowest BCUT2D eigenvalue weighted by atomic mass is 10.1. The number of nitrogens with one attached hydrogen (secondary N) is 5. The summed E-state index contributed by atoms with van der Waals surface area (Å²) >= 11 is 0.958. The van der Waals surface area contributed by atoms with Crippen LogP contribution in [-0.4, -0.2) is 98.2 Å². The van der Waals surface area contributed by atoms with Crippen LogP contribution in [0.2, 0.25) is 0 Å². The third kappa shape index (κ3) is 12.6. The maximum atomic E-state index is 12.7. The number of amides is 6. The highest BCUT2D eigenvalue weighted by Gasteiger charge is 2.29. The molecule has 1 saturated heterocycles. The van der Waals surface area contributed by atoms with Crippen molar-refractivity contribution in [3.63, 3.8) is 0 Å². The molecule has 6 amide bonds. The molecule has 208 valence electrons. The Morgan fingerprint density at radius 3 is 2.21 bits per heavy atom. The number of imide groups is 1. The summed E-state index contributed by atoms with van der Waals surface area (Å²) in [6, 6.07) is 7.83. The summed E-state index contributed by atoms with van der Waals surface area (Å²) in [6.45, 7) is -1.63. The molecule has 0 aliphatic carbocycles. The largest absolute Gasteiger partial charge is 0.355 e. The van der Waals surface area contributed by atoms with Gasteiger partial charge in [0.25, 0.3) is 0 Å². The van der Waals surface area contributed by atoms with Crippen LogP contribution in [0.1, 0.15) is 18.4 Å². The van der Waals surface area contributed by atoms with E-state index in [0.29, 0.717) is 0 Å². The summed E-state index contributed by atoms with van der Waals surface area (Å²) in [5, 5.41) is 12.5. The van der Waals surface area contributed by atoms with Crippen molar-refractivity contribution in [2.24, 2.45) is 0 Å². The summed E-state index contributed by atoms with van der Waals surface area (Å²) in [6.07, 6.45) is 0.471. The zero-order valence-electron chi connectivity index (χ0n) is 21.0. The Labute approximate surface area is 230 Å². The molecule has 1 heterocycles. The molecule has 0 bridgehead atoms. The smallest absolute Gasteiger partial charge is 0.243 e. The Kier molecular flexibility index (Phi) is 13.7. The van der Waals surface area contributed by atoms with Gasteiger partial charge in [-0.25, -0.2) is 4.31 Å². The zero-order valence-corrected chi connectivity index (χ0v) is 21.8. The summed E-state index contributed by atoms with van der Waals surface area (Å²) in [4.78, 5) is 82.8. The molecule has 0 unspecified atom stereocenters. The molecule has 1 aliphatic rings. The molecule has 16 heteroatoms. The van der Waals surface area contributed by atoms with Gasteiger partial charge in [0.15, 0.2) is 7.85 Å². The van der Waals surface area contributed by atoms with E-state index in [9.17, 15) is 33.6 Å². The molecular formula is C23H29BN6O8S. The van der Waals surface area contributed by atoms with Gasteiger partial charge in [-0.2, -0.15) is 0 Å². The van der Waals surface area contributed by atoms with E-state index >= 15 is 0 Å². The van der Waals surface area contributed by atoms with Gasteiger partial charge in [-0.05, 0) is 17.5 Å². The van der Waals surface area contributed by atoms with Crippen LogP contribution >= 0.6 is 11.9 Å². The van der Waals surface area contributed by atoms with Crippen LogP contribution in [0.4, 0.5) is 0 Å². The lowest BCUT2D eigenvalue weighted by Crippen LogP contribution is -2.52. The minimum absolute atomic E-state index is 0.127. The van der Waals surface area contributed by atoms with Crippen molar-refractivity contribution in [1.29, 1.82) is 0 Å². The van der Waals surface area contributed by atoms with Gasteiger partial charge < -0.3 is 30.8 Å². The van der Waals surface area contributed by atoms with E-state index in [1.807, 2.05) is 0 Å². The maximum absolute atomic E-state index is 12.7. The van der Waals surface area contributed by atoms with Crippen molar-refractivity contribution >= 4 is 60.9 Å². The van der Waals surface area contributed by atoms with Crippen molar-refractivity contribution in [3.05, 3.63) is 35.9 Å². The lowest BCUT2D eigenvalue weighted by Gasteiger charge is -2.19. The van der Waals surface area contributed by atoms with Crippen LogP contribution in [0.3, 0.4) is 0 Å². The highest BCUT2D eigenvalue weighted by atomic mass is 32.2. The topological polar surface area (TPSA) is 192 Å². The SMILES string of the molecule is [B]C(=O)COCNC(=O)CNC(=O)[C@H](Cc1ccccc1)NC(=O)CNC(=O)CNCSN1C(=O)CCC1=O. The molecule has 1 aliphatic heterocycles. The average Bonchev–Trinajstić information content (AvgIpc) is 3.23. The first-order chi connectivity index (χ1) is 18.7. The molecule has 2 rings (SSSR count). The first-order valence-corrected chi connectivity index (χ1v) is 12.8. The number of hydrogen-bond donors (Lipinski definition) is 5. The van der Waals surface area contributed by atoms with Crippen molar-refractivity contribution < 1.29 is 38.3 Å². The predicted octanol–water partition coefficient (Wildman–Crippen LogP) is -2.92. The highest BCUT2D eigenvalue weighted by molar-refractivity contribution is 7.98. The van der Waals surface area contributed by atoms with Gasteiger partial charge in [0.05, 0.1) is 32.1 Å². The minimum atomic E-state index is -1.04. The number of nitrogens with zero attached hydrogens (tertiary/aromatic N) is 1. The Morgan fingerprint density at radius 1 is 0.897 bits per heavy atom. The van der Waals surface area contributed by atoms with E-state index in [1.54, 1.807) is 30.3 Å². The number of carbonyl (C=O) groups is 7. The van der Waals surface area contributed by atoms with E-state index < -0.39 is 48.4 Å². The quantitative estimate of drug-likeness (QED) is 0.0434. The molecule has 1 atom stereocenters. The first-order valence-electron chi connectivity index (χ1n) is 11.9. The number of ether oxygens (including phenoxy) is 1. The summed E-state index contributed by atoms with van der Waals surface area (Å²) in [7, 11) is 4.92. The second kappa shape index (κ2) is 17.0. The molecule has 5 N–H and O–H groups in total. The fourth-order valence-corrected chi connectivity index (χ4v) is 3.95. The minimum Gasteiger partial charge on any atom is -0.355 e. The molecule has 1 aromatic carbocycles. The van der Waals surface area contributed by atoms with Crippen molar-refractivity contribution in [1.82, 2.24) is 30.9 Å². The molecule has 0 aromatic heterocycles. The molecule has 2 radical (unpaired) electrons. The van der Waals surface area contributed by atoms with Crippen LogP contribution < -0.4 is 26.6 Å². The summed E-state index contributed by atoms with van der Waals surface area (Å²) in [5.41, 5.74) is 0.0550. The monoisotopic (exact) mass is 560 g/mol. The second-order valence-electron chi connectivity index (χ2n) is 8.15. The van der Waals surface area contributed by atoms with E-state index in [0.717, 1.165) is 21.8 Å². The normalized spacial score (nSPS) is 13.5. The molecule has 39 heavy (non-hydrogen) atoms. The van der Waals surface area contributed by atoms with Gasteiger partial charge in [-0.3, -0.25) is 34.1 Å². The van der Waals surface area contributed by atoms with E-state index in [1.165, 1.54) is 0 Å². The second-order valence-corrected chi connectivity index (χ2v) is 9.06. The Hall–Kier alpha value is -3.76. The van der Waals surface area contributed by atoms with Crippen LogP contribution in [0, 0.1) is 0 Å². The third-order valence-corrected chi connectivity index (χ3v) is 6.01. The van der Waals surface area contributed by atoms with Crippen molar-refractivity contribution in [3.8, 4) is 0 Å². The standard InChI is InChI=1S/C23H29BN6O8S/c24-17(31)12-38-13-28-19(33)10-27-23(37)16(8-15-4-2-1-3-5-15)29-20(34)11-26-18(32)9-25-14-39-30-21(35)6-7-22(30)36/h1-5,16,25H,6-14H2,(H,26,32)(H,27,37)(H,28,33)(H,29,34)/t16-/m0/s1. The average molecular weight is 560 g/mol. The first kappa shape index (κ1) is 31.5. The summed E-state index contributed by atoms with van der Waals surface area (Å²) in [5.74, 6) is -2.78. The summed E-state index contributed by atoms with van der Waals surface area (Å²) < 4.78 is 5.87. The zero-order chi connectivity index (χ0) is 28.6. The van der Waals surface area contributed by atoms with Crippen LogP contribution in [-0.2, 0) is 44.7 Å². The lowest BCUT2D eigenvalue weighted by molar-refractivity contribution is -0.132. The van der Waals surface area contributed by atoms with Gasteiger partial charge in [-0.1, -0.05) is 30.3 Å². The molecule has 1 fully saturated rings. The Bertz CT molecular complexity index is 1040. The molecule has 14 nitrogen and oxygen atoms in total. The molecule has 0 spiro atoms. The van der Waals surface area contributed by atoms with Gasteiger partial charge >= 0.3 is 0 Å². The maximum Gasteiger partial charge on any atom is 0.243 e. The fraction of sp³-hybridized carbons (Fsp3) is 0.435. The predicted molar refractivity (Wildman–Crippen MR) is 139 cm³/mol. The number of rotatable bonds is 17. The van der Waals surface area contributed by atoms with Gasteiger partial charge in [0.1, 0.15) is 18.5 Å². The van der Waals surface area contributed by atoms with Crippen molar-refractivity contribution in [2.45, 2.75) is 25.3 Å². The van der Waals surface area contributed by atoms with Crippen LogP contribution in [0.25, 0.3) is 0 Å². The number of benzene rings is 1. The number of hydrogen-bond acceptors (Lipinski definition) is 10. The molecule has 0 saturated carbocycles. The van der Waals surface area contributed by atoms with Gasteiger partial charge in [-0.15, -0.1) is 0 Å². The van der Waals surface area contributed by atoms with Crippen LogP contribution in [0.15, 0.2) is 30.3 Å². The van der Waals surface area contributed by atoms with Crippen LogP contribution in [0.5, 0.6) is 0 Å². The molecule has 1 aromatic rings. The van der Waals surface area contributed by atoms with E-state index in [4.69, 9.17) is 12.6 Å². The van der Waals surface area contributed by atoms with Gasteiger partial charge in [0, 0.05) is 19.3 Å². The van der Waals surface area contributed by atoms with E-state index in [-0.39, 0.29) is 56.8 Å². The van der Waals surface area contributed by atoms with Crippen molar-refractivity contribution in [2.75, 3.05) is 38.8 Å². The van der Waals surface area contributed by atoms with E-state index in [2.05, 4.69) is 26.6 Å². The Balaban J connectivity index is 1.76. The van der Waals surface area contributed by atoms with Gasteiger partial charge in [0.2, 0.25) is 35.4 Å². The highest BCUT2D eigenvalue weighted by Crippen LogP contribution is 2.20. The third-order valence-electron chi connectivity index (χ3n) is 5.01. The number of carbonyl (C=O) groups excluding carboxylic acids is 7. The fourth-order valence-electron chi connectivity index (χ4n) is 3.16.